The van der Waals surface area contributed by atoms with Crippen molar-refractivity contribution >= 4 is 0 Å². The zero-order valence-electron chi connectivity index (χ0n) is 12.6. The number of hydrogen-bond donors (Lipinski definition) is 6. The maximum Gasteiger partial charge on any atom is 0.0528 e. The molecule has 6 nitrogen and oxygen atoms in total. The van der Waals surface area contributed by atoms with Gasteiger partial charge < -0.3 is 30.6 Å². The Morgan fingerprint density at radius 1 is 0.526 bits per heavy atom. The standard InChI is InChI=1S/2C5H12O3.C3H8/c2*1-5(2-6,3-7)4-8;1-3-2/h2*6-8H,2-4H2,1H3;3H2,1-2H3. The first-order valence-electron chi connectivity index (χ1n) is 6.43. The molecule has 0 unspecified atom stereocenters. The normalized spacial score (nSPS) is 11.1. The molecule has 0 aliphatic carbocycles. The Labute approximate surface area is 116 Å². The van der Waals surface area contributed by atoms with E-state index < -0.39 is 10.8 Å². The molecule has 120 valence electrons. The van der Waals surface area contributed by atoms with E-state index in [1.54, 1.807) is 13.8 Å². The molecule has 0 atom stereocenters. The van der Waals surface area contributed by atoms with E-state index in [1.807, 2.05) is 0 Å². The SMILES string of the molecule is CC(CO)(CO)CO.CC(CO)(CO)CO.CCC. The second-order valence-electron chi connectivity index (χ2n) is 5.28. The minimum absolute atomic E-state index is 0.181. The lowest BCUT2D eigenvalue weighted by molar-refractivity contribution is 0.0198. The van der Waals surface area contributed by atoms with Gasteiger partial charge in [0.1, 0.15) is 0 Å². The molecule has 0 saturated carbocycles. The van der Waals surface area contributed by atoms with Crippen molar-refractivity contribution in [2.45, 2.75) is 34.1 Å². The summed E-state index contributed by atoms with van der Waals surface area (Å²) in [6.45, 7) is 6.38. The zero-order valence-corrected chi connectivity index (χ0v) is 12.6. The van der Waals surface area contributed by atoms with Crippen LogP contribution in [0.5, 0.6) is 0 Å². The Bertz CT molecular complexity index is 132. The molecule has 0 aromatic rings. The van der Waals surface area contributed by atoms with Crippen LogP contribution in [0.25, 0.3) is 0 Å². The molecule has 0 spiro atoms. The van der Waals surface area contributed by atoms with Crippen molar-refractivity contribution in [3.8, 4) is 0 Å². The lowest BCUT2D eigenvalue weighted by atomic mass is 9.95. The predicted octanol–water partition coefficient (Wildman–Crippen LogP) is -0.645. The molecule has 0 amide bonds. The molecule has 6 N–H and O–H groups in total. The molecule has 0 heterocycles. The lowest BCUT2D eigenvalue weighted by Crippen LogP contribution is -2.29. The molecular formula is C13H32O6. The fourth-order valence-electron chi connectivity index (χ4n) is 0.300. The molecule has 0 fully saturated rings. The van der Waals surface area contributed by atoms with Crippen LogP contribution in [0.1, 0.15) is 34.1 Å². The van der Waals surface area contributed by atoms with Gasteiger partial charge in [0, 0.05) is 10.8 Å². The van der Waals surface area contributed by atoms with Gasteiger partial charge in [0.05, 0.1) is 39.6 Å². The van der Waals surface area contributed by atoms with Gasteiger partial charge in [0.15, 0.2) is 0 Å². The Balaban J connectivity index is -0.000000224. The van der Waals surface area contributed by atoms with E-state index in [0.29, 0.717) is 0 Å². The second kappa shape index (κ2) is 14.2. The van der Waals surface area contributed by atoms with Crippen molar-refractivity contribution in [3.05, 3.63) is 0 Å². The summed E-state index contributed by atoms with van der Waals surface area (Å²) in [6.07, 6.45) is 1.25. The average Bonchev–Trinajstić information content (AvgIpc) is 2.47. The average molecular weight is 284 g/mol. The highest BCUT2D eigenvalue weighted by Gasteiger charge is 2.20. The van der Waals surface area contributed by atoms with Crippen molar-refractivity contribution in [2.24, 2.45) is 10.8 Å². The van der Waals surface area contributed by atoms with Gasteiger partial charge in [-0.2, -0.15) is 0 Å². The largest absolute Gasteiger partial charge is 0.396 e. The van der Waals surface area contributed by atoms with E-state index in [4.69, 9.17) is 30.6 Å². The molecule has 0 bridgehead atoms. The minimum atomic E-state index is -0.708. The summed E-state index contributed by atoms with van der Waals surface area (Å²) in [5, 5.41) is 50.8. The summed E-state index contributed by atoms with van der Waals surface area (Å²) < 4.78 is 0. The van der Waals surface area contributed by atoms with Crippen LogP contribution in [-0.4, -0.2) is 70.3 Å². The van der Waals surface area contributed by atoms with Crippen LogP contribution in [0, 0.1) is 10.8 Å². The Morgan fingerprint density at radius 3 is 0.632 bits per heavy atom. The molecule has 0 aliphatic rings. The first-order valence-corrected chi connectivity index (χ1v) is 6.43. The predicted molar refractivity (Wildman–Crippen MR) is 74.7 cm³/mol. The summed E-state index contributed by atoms with van der Waals surface area (Å²) in [6, 6.07) is 0. The fraction of sp³-hybridized carbons (Fsp3) is 1.00. The zero-order chi connectivity index (χ0) is 15.9. The third-order valence-corrected chi connectivity index (χ3v) is 2.29. The van der Waals surface area contributed by atoms with Gasteiger partial charge in [-0.1, -0.05) is 34.1 Å². The van der Waals surface area contributed by atoms with Crippen molar-refractivity contribution in [3.63, 3.8) is 0 Å². The van der Waals surface area contributed by atoms with E-state index >= 15 is 0 Å². The number of aliphatic hydroxyl groups excluding tert-OH is 6. The lowest BCUT2D eigenvalue weighted by Gasteiger charge is -2.20. The van der Waals surface area contributed by atoms with Crippen molar-refractivity contribution in [1.82, 2.24) is 0 Å². The monoisotopic (exact) mass is 284 g/mol. The summed E-state index contributed by atoms with van der Waals surface area (Å²) in [5.74, 6) is 0. The molecule has 0 aromatic carbocycles. The second-order valence-corrected chi connectivity index (χ2v) is 5.28. The molecular weight excluding hydrogens is 252 g/mol. The molecule has 0 aromatic heterocycles. The molecule has 0 saturated heterocycles. The van der Waals surface area contributed by atoms with Crippen LogP contribution in [-0.2, 0) is 0 Å². The highest BCUT2D eigenvalue weighted by molar-refractivity contribution is 4.69. The number of aliphatic hydroxyl groups is 6. The van der Waals surface area contributed by atoms with Gasteiger partial charge in [-0.25, -0.2) is 0 Å². The summed E-state index contributed by atoms with van der Waals surface area (Å²) in [7, 11) is 0. The minimum Gasteiger partial charge on any atom is -0.396 e. The van der Waals surface area contributed by atoms with Gasteiger partial charge in [0.2, 0.25) is 0 Å². The van der Waals surface area contributed by atoms with Gasteiger partial charge in [0.25, 0.3) is 0 Å². The first kappa shape index (κ1) is 23.8. The van der Waals surface area contributed by atoms with E-state index in [1.165, 1.54) is 6.42 Å². The number of hydrogen-bond acceptors (Lipinski definition) is 6. The van der Waals surface area contributed by atoms with Gasteiger partial charge >= 0.3 is 0 Å². The summed E-state index contributed by atoms with van der Waals surface area (Å²) in [4.78, 5) is 0. The van der Waals surface area contributed by atoms with E-state index in [2.05, 4.69) is 13.8 Å². The Kier molecular flexibility index (Phi) is 17.8. The molecule has 0 radical (unpaired) electrons. The topological polar surface area (TPSA) is 121 Å². The number of rotatable bonds is 6. The maximum absolute atomic E-state index is 8.47. The van der Waals surface area contributed by atoms with E-state index in [0.717, 1.165) is 0 Å². The smallest absolute Gasteiger partial charge is 0.0528 e. The van der Waals surface area contributed by atoms with Crippen LogP contribution in [0.15, 0.2) is 0 Å². The molecule has 0 aliphatic heterocycles. The third kappa shape index (κ3) is 14.0. The van der Waals surface area contributed by atoms with Crippen molar-refractivity contribution in [1.29, 1.82) is 0 Å². The van der Waals surface area contributed by atoms with Crippen LogP contribution in [0.2, 0.25) is 0 Å². The van der Waals surface area contributed by atoms with Gasteiger partial charge in [-0.15, -0.1) is 0 Å². The highest BCUT2D eigenvalue weighted by atomic mass is 16.3. The first-order chi connectivity index (χ1) is 8.78. The van der Waals surface area contributed by atoms with E-state index in [9.17, 15) is 0 Å². The quantitative estimate of drug-likeness (QED) is 0.386. The highest BCUT2D eigenvalue weighted by Crippen LogP contribution is 2.11. The third-order valence-electron chi connectivity index (χ3n) is 2.29. The molecule has 0 rings (SSSR count). The van der Waals surface area contributed by atoms with Crippen LogP contribution < -0.4 is 0 Å². The Hall–Kier alpha value is -0.240. The fourth-order valence-corrected chi connectivity index (χ4v) is 0.300. The van der Waals surface area contributed by atoms with E-state index in [-0.39, 0.29) is 39.6 Å². The molecule has 6 heteroatoms. The van der Waals surface area contributed by atoms with Crippen LogP contribution in [0.4, 0.5) is 0 Å². The van der Waals surface area contributed by atoms with Crippen molar-refractivity contribution < 1.29 is 30.6 Å². The van der Waals surface area contributed by atoms with Crippen LogP contribution in [0.3, 0.4) is 0 Å². The molecule has 19 heavy (non-hydrogen) atoms. The summed E-state index contributed by atoms with van der Waals surface area (Å²) in [5.41, 5.74) is -1.42. The Morgan fingerprint density at radius 2 is 0.632 bits per heavy atom. The van der Waals surface area contributed by atoms with Gasteiger partial charge in [-0.05, 0) is 0 Å². The van der Waals surface area contributed by atoms with Crippen molar-refractivity contribution in [2.75, 3.05) is 39.6 Å². The summed E-state index contributed by atoms with van der Waals surface area (Å²) >= 11 is 0. The maximum atomic E-state index is 8.47. The van der Waals surface area contributed by atoms with Gasteiger partial charge in [-0.3, -0.25) is 0 Å². The van der Waals surface area contributed by atoms with Crippen LogP contribution >= 0.6 is 0 Å².